The van der Waals surface area contributed by atoms with Crippen LogP contribution in [-0.4, -0.2) is 46.4 Å². The number of hydrogen-bond acceptors (Lipinski definition) is 6. The number of carboxylic acids is 1. The van der Waals surface area contributed by atoms with Crippen LogP contribution < -0.4 is 4.74 Å². The molecule has 1 N–H and O–H groups in total. The second-order valence-electron chi connectivity index (χ2n) is 6.59. The van der Waals surface area contributed by atoms with E-state index in [1.165, 1.54) is 24.5 Å². The highest BCUT2D eigenvalue weighted by molar-refractivity contribution is 7.89. The van der Waals surface area contributed by atoms with Crippen LogP contribution in [0.15, 0.2) is 41.6 Å². The Bertz CT molecular complexity index is 931. The summed E-state index contributed by atoms with van der Waals surface area (Å²) < 4.78 is 32.8. The molecule has 0 aliphatic carbocycles. The van der Waals surface area contributed by atoms with Crippen LogP contribution in [0.4, 0.5) is 0 Å². The highest BCUT2D eigenvalue weighted by atomic mass is 32.2. The van der Waals surface area contributed by atoms with Crippen molar-refractivity contribution in [1.82, 2.24) is 14.3 Å². The number of aliphatic carboxylic acids is 1. The van der Waals surface area contributed by atoms with E-state index in [1.54, 1.807) is 12.1 Å². The van der Waals surface area contributed by atoms with Crippen LogP contribution in [0.2, 0.25) is 0 Å². The summed E-state index contributed by atoms with van der Waals surface area (Å²) in [6.45, 7) is 2.55. The molecule has 150 valence electrons. The lowest BCUT2D eigenvalue weighted by atomic mass is 10.1. The van der Waals surface area contributed by atoms with E-state index in [1.807, 2.05) is 0 Å². The predicted molar refractivity (Wildman–Crippen MR) is 101 cm³/mol. The fourth-order valence-corrected chi connectivity index (χ4v) is 4.63. The van der Waals surface area contributed by atoms with Crippen molar-refractivity contribution in [3.05, 3.63) is 48.0 Å². The predicted octanol–water partition coefficient (Wildman–Crippen LogP) is 2.25. The van der Waals surface area contributed by atoms with Crippen molar-refractivity contribution >= 4 is 16.0 Å². The van der Waals surface area contributed by atoms with E-state index in [-0.39, 0.29) is 17.9 Å². The Morgan fingerprint density at radius 3 is 2.50 bits per heavy atom. The quantitative estimate of drug-likeness (QED) is 0.671. The van der Waals surface area contributed by atoms with Crippen LogP contribution >= 0.6 is 0 Å². The van der Waals surface area contributed by atoms with E-state index < -0.39 is 22.0 Å². The summed E-state index contributed by atoms with van der Waals surface area (Å²) in [4.78, 5) is 20.0. The zero-order chi connectivity index (χ0) is 20.1. The summed E-state index contributed by atoms with van der Waals surface area (Å²) in [6.07, 6.45) is 6.02. The summed E-state index contributed by atoms with van der Waals surface area (Å²) in [5.41, 5.74) is 0.983. The van der Waals surface area contributed by atoms with Gasteiger partial charge in [-0.1, -0.05) is 19.8 Å². The topological polar surface area (TPSA) is 110 Å². The molecule has 2 aromatic rings. The maximum Gasteiger partial charge on any atom is 0.322 e. The third-order valence-corrected chi connectivity index (χ3v) is 6.50. The Morgan fingerprint density at radius 1 is 1.18 bits per heavy atom. The number of fused-ring (bicyclic) bond motifs is 1. The second-order valence-corrected chi connectivity index (χ2v) is 8.48. The minimum absolute atomic E-state index is 0.0175. The fraction of sp³-hybridized carbons (Fsp3) is 0.421. The molecule has 0 saturated carbocycles. The Labute approximate surface area is 164 Å². The Morgan fingerprint density at radius 2 is 1.86 bits per heavy atom. The number of rotatable bonds is 8. The molecule has 1 aliphatic heterocycles. The van der Waals surface area contributed by atoms with Crippen molar-refractivity contribution in [2.24, 2.45) is 0 Å². The first-order chi connectivity index (χ1) is 13.4. The first kappa shape index (κ1) is 20.2. The van der Waals surface area contributed by atoms with Crippen molar-refractivity contribution in [2.45, 2.75) is 50.1 Å². The number of aromatic nitrogens is 2. The molecule has 2 heterocycles. The van der Waals surface area contributed by atoms with Gasteiger partial charge < -0.3 is 9.84 Å². The van der Waals surface area contributed by atoms with Gasteiger partial charge in [-0.15, -0.1) is 0 Å². The molecule has 3 rings (SSSR count). The zero-order valence-electron chi connectivity index (χ0n) is 15.6. The van der Waals surface area contributed by atoms with Gasteiger partial charge in [-0.2, -0.15) is 4.31 Å². The normalized spacial score (nSPS) is 17.1. The number of sulfonamides is 1. The van der Waals surface area contributed by atoms with Gasteiger partial charge in [0.05, 0.1) is 29.4 Å². The molecule has 1 unspecified atom stereocenters. The lowest BCUT2D eigenvalue weighted by molar-refractivity contribution is -0.141. The fourth-order valence-electron chi connectivity index (χ4n) is 3.09. The highest BCUT2D eigenvalue weighted by Crippen LogP contribution is 2.28. The van der Waals surface area contributed by atoms with E-state index in [0.29, 0.717) is 23.7 Å². The number of hydrogen-bond donors (Lipinski definition) is 1. The molecule has 8 nitrogen and oxygen atoms in total. The van der Waals surface area contributed by atoms with Gasteiger partial charge in [-0.25, -0.2) is 8.42 Å². The molecule has 28 heavy (non-hydrogen) atoms. The SMILES string of the molecule is CCCCCOc1ccc(S(=O)(=O)N2Cc3nccnc3CC2C(=O)O)cc1. The summed E-state index contributed by atoms with van der Waals surface area (Å²) in [5, 5.41) is 9.56. The minimum atomic E-state index is -4.02. The number of carboxylic acid groups (broad SMARTS) is 1. The van der Waals surface area contributed by atoms with Gasteiger partial charge in [0.15, 0.2) is 0 Å². The van der Waals surface area contributed by atoms with Gasteiger partial charge in [0.1, 0.15) is 11.8 Å². The molecule has 1 atom stereocenters. The van der Waals surface area contributed by atoms with Crippen LogP contribution in [0.1, 0.15) is 37.6 Å². The van der Waals surface area contributed by atoms with Crippen LogP contribution in [-0.2, 0) is 27.8 Å². The highest BCUT2D eigenvalue weighted by Gasteiger charge is 2.40. The van der Waals surface area contributed by atoms with Gasteiger partial charge in [-0.05, 0) is 30.7 Å². The van der Waals surface area contributed by atoms with Crippen LogP contribution in [0.3, 0.4) is 0 Å². The molecule has 0 radical (unpaired) electrons. The second kappa shape index (κ2) is 8.66. The van der Waals surface area contributed by atoms with E-state index in [9.17, 15) is 18.3 Å². The standard InChI is InChI=1S/C19H23N3O5S/c1-2-3-4-11-27-14-5-7-15(8-6-14)28(25,26)22-13-17-16(20-9-10-21-17)12-18(22)19(23)24/h5-10,18H,2-4,11-13H2,1H3,(H,23,24). The Kier molecular flexibility index (Phi) is 6.25. The van der Waals surface area contributed by atoms with Crippen molar-refractivity contribution in [3.63, 3.8) is 0 Å². The number of benzene rings is 1. The van der Waals surface area contributed by atoms with Gasteiger partial charge in [0, 0.05) is 18.8 Å². The maximum atomic E-state index is 13.1. The number of ether oxygens (including phenoxy) is 1. The third kappa shape index (κ3) is 4.31. The number of nitrogens with zero attached hydrogens (tertiary/aromatic N) is 3. The van der Waals surface area contributed by atoms with Crippen LogP contribution in [0.25, 0.3) is 0 Å². The molecular weight excluding hydrogens is 382 g/mol. The average Bonchev–Trinajstić information content (AvgIpc) is 2.70. The van der Waals surface area contributed by atoms with E-state index in [2.05, 4.69) is 16.9 Å². The summed E-state index contributed by atoms with van der Waals surface area (Å²) in [7, 11) is -4.02. The molecule has 1 aliphatic rings. The zero-order valence-corrected chi connectivity index (χ0v) is 16.4. The summed E-state index contributed by atoms with van der Waals surface area (Å²) in [6, 6.07) is 4.84. The summed E-state index contributed by atoms with van der Waals surface area (Å²) >= 11 is 0. The lowest BCUT2D eigenvalue weighted by Gasteiger charge is -2.32. The molecule has 0 amide bonds. The summed E-state index contributed by atoms with van der Waals surface area (Å²) in [5.74, 6) is -0.629. The first-order valence-electron chi connectivity index (χ1n) is 9.19. The third-order valence-electron chi connectivity index (χ3n) is 4.63. The number of carbonyl (C=O) groups is 1. The van der Waals surface area contributed by atoms with Crippen molar-refractivity contribution in [3.8, 4) is 5.75 Å². The van der Waals surface area contributed by atoms with Gasteiger partial charge in [-0.3, -0.25) is 14.8 Å². The molecule has 1 aromatic carbocycles. The molecular formula is C19H23N3O5S. The van der Waals surface area contributed by atoms with Gasteiger partial charge in [0.25, 0.3) is 0 Å². The molecule has 0 saturated heterocycles. The molecule has 9 heteroatoms. The Balaban J connectivity index is 1.81. The van der Waals surface area contributed by atoms with Crippen LogP contribution in [0, 0.1) is 0 Å². The van der Waals surface area contributed by atoms with Gasteiger partial charge >= 0.3 is 5.97 Å². The van der Waals surface area contributed by atoms with Crippen molar-refractivity contribution in [1.29, 1.82) is 0 Å². The van der Waals surface area contributed by atoms with E-state index >= 15 is 0 Å². The molecule has 0 spiro atoms. The lowest BCUT2D eigenvalue weighted by Crippen LogP contribution is -2.49. The largest absolute Gasteiger partial charge is 0.494 e. The molecule has 0 bridgehead atoms. The smallest absolute Gasteiger partial charge is 0.322 e. The molecule has 0 fully saturated rings. The number of unbranched alkanes of at least 4 members (excludes halogenated alkanes) is 2. The Hall–Kier alpha value is -2.52. The molecule has 1 aromatic heterocycles. The van der Waals surface area contributed by atoms with E-state index in [4.69, 9.17) is 4.74 Å². The minimum Gasteiger partial charge on any atom is -0.494 e. The van der Waals surface area contributed by atoms with Gasteiger partial charge in [0.2, 0.25) is 10.0 Å². The van der Waals surface area contributed by atoms with Crippen molar-refractivity contribution in [2.75, 3.05) is 6.61 Å². The van der Waals surface area contributed by atoms with E-state index in [0.717, 1.165) is 23.6 Å². The first-order valence-corrected chi connectivity index (χ1v) is 10.6. The monoisotopic (exact) mass is 405 g/mol. The maximum absolute atomic E-state index is 13.1. The van der Waals surface area contributed by atoms with Crippen molar-refractivity contribution < 1.29 is 23.1 Å². The average molecular weight is 405 g/mol. The van der Waals surface area contributed by atoms with Crippen LogP contribution in [0.5, 0.6) is 5.75 Å².